The van der Waals surface area contributed by atoms with Crippen molar-refractivity contribution in [2.75, 3.05) is 11.9 Å². The normalized spacial score (nSPS) is 11.1. The van der Waals surface area contributed by atoms with Crippen molar-refractivity contribution >= 4 is 17.5 Å². The summed E-state index contributed by atoms with van der Waals surface area (Å²) in [6.07, 6.45) is 0. The number of rotatable bonds is 4. The molecule has 0 aliphatic heterocycles. The molecule has 4 N–H and O–H groups in total. The predicted molar refractivity (Wildman–Crippen MR) is 71.3 cm³/mol. The van der Waals surface area contributed by atoms with Crippen molar-refractivity contribution in [2.45, 2.75) is 26.3 Å². The predicted octanol–water partition coefficient (Wildman–Crippen LogP) is 1.11. The van der Waals surface area contributed by atoms with E-state index in [1.807, 2.05) is 20.8 Å². The minimum atomic E-state index is -0.560. The third-order valence-corrected chi connectivity index (χ3v) is 2.25. The molecule has 0 unspecified atom stereocenters. The largest absolute Gasteiger partial charge is 0.366 e. The molecule has 0 aliphatic carbocycles. The van der Waals surface area contributed by atoms with Gasteiger partial charge in [0.15, 0.2) is 0 Å². The second kappa shape index (κ2) is 5.64. The number of carbonyl (C=O) groups is 2. The SMILES string of the molecule is CC(C)(C)NCC(=O)Nc1ccccc1C(N)=O. The highest BCUT2D eigenvalue weighted by atomic mass is 16.2. The summed E-state index contributed by atoms with van der Waals surface area (Å²) in [7, 11) is 0. The number of carbonyl (C=O) groups excluding carboxylic acids is 2. The lowest BCUT2D eigenvalue weighted by Gasteiger charge is -2.20. The number of amides is 2. The highest BCUT2D eigenvalue weighted by Crippen LogP contribution is 2.13. The molecule has 5 nitrogen and oxygen atoms in total. The molecule has 0 fully saturated rings. The third-order valence-electron chi connectivity index (χ3n) is 2.25. The minimum Gasteiger partial charge on any atom is -0.366 e. The zero-order valence-electron chi connectivity index (χ0n) is 10.9. The van der Waals surface area contributed by atoms with Crippen molar-refractivity contribution in [1.29, 1.82) is 0 Å². The van der Waals surface area contributed by atoms with Gasteiger partial charge < -0.3 is 16.4 Å². The monoisotopic (exact) mass is 249 g/mol. The summed E-state index contributed by atoms with van der Waals surface area (Å²) in [5, 5.41) is 5.72. The summed E-state index contributed by atoms with van der Waals surface area (Å²) < 4.78 is 0. The van der Waals surface area contributed by atoms with Gasteiger partial charge in [-0.25, -0.2) is 0 Å². The van der Waals surface area contributed by atoms with Crippen molar-refractivity contribution in [3.05, 3.63) is 29.8 Å². The Hall–Kier alpha value is -1.88. The zero-order valence-corrected chi connectivity index (χ0v) is 10.9. The van der Waals surface area contributed by atoms with E-state index < -0.39 is 5.91 Å². The Kier molecular flexibility index (Phi) is 4.44. The molecule has 1 aromatic carbocycles. The van der Waals surface area contributed by atoms with Crippen LogP contribution >= 0.6 is 0 Å². The number of hydrogen-bond donors (Lipinski definition) is 3. The Morgan fingerprint density at radius 1 is 1.22 bits per heavy atom. The van der Waals surface area contributed by atoms with Gasteiger partial charge >= 0.3 is 0 Å². The number of anilines is 1. The Labute approximate surface area is 107 Å². The first-order chi connectivity index (χ1) is 8.29. The van der Waals surface area contributed by atoms with Crippen molar-refractivity contribution in [1.82, 2.24) is 5.32 Å². The molecular weight excluding hydrogens is 230 g/mol. The fourth-order valence-corrected chi connectivity index (χ4v) is 1.35. The molecule has 0 saturated carbocycles. The summed E-state index contributed by atoms with van der Waals surface area (Å²) >= 11 is 0. The molecule has 1 aromatic rings. The number of nitrogens with two attached hydrogens (primary N) is 1. The van der Waals surface area contributed by atoms with Crippen LogP contribution in [0.25, 0.3) is 0 Å². The fourth-order valence-electron chi connectivity index (χ4n) is 1.35. The van der Waals surface area contributed by atoms with Crippen LogP contribution in [-0.2, 0) is 4.79 Å². The molecule has 0 atom stereocenters. The van der Waals surface area contributed by atoms with Gasteiger partial charge in [-0.1, -0.05) is 12.1 Å². The van der Waals surface area contributed by atoms with E-state index in [1.165, 1.54) is 0 Å². The molecule has 5 heteroatoms. The number of benzene rings is 1. The molecule has 98 valence electrons. The molecule has 1 rings (SSSR count). The molecule has 2 amide bonds. The standard InChI is InChI=1S/C13H19N3O2/c1-13(2,3)15-8-11(17)16-10-7-5-4-6-9(10)12(14)18/h4-7,15H,8H2,1-3H3,(H2,14,18)(H,16,17). The van der Waals surface area contributed by atoms with Crippen LogP contribution in [0, 0.1) is 0 Å². The van der Waals surface area contributed by atoms with Gasteiger partial charge in [-0.2, -0.15) is 0 Å². The Balaban J connectivity index is 2.68. The summed E-state index contributed by atoms with van der Waals surface area (Å²) in [5.41, 5.74) is 5.83. The van der Waals surface area contributed by atoms with Crippen LogP contribution in [0.5, 0.6) is 0 Å². The second-order valence-corrected chi connectivity index (χ2v) is 5.06. The van der Waals surface area contributed by atoms with Gasteiger partial charge in [0.05, 0.1) is 17.8 Å². The van der Waals surface area contributed by atoms with Gasteiger partial charge in [-0.05, 0) is 32.9 Å². The van der Waals surface area contributed by atoms with Crippen LogP contribution in [-0.4, -0.2) is 23.9 Å². The van der Waals surface area contributed by atoms with Crippen LogP contribution in [0.2, 0.25) is 0 Å². The van der Waals surface area contributed by atoms with E-state index in [0.717, 1.165) is 0 Å². The van der Waals surface area contributed by atoms with Crippen LogP contribution in [0.1, 0.15) is 31.1 Å². The second-order valence-electron chi connectivity index (χ2n) is 5.06. The average Bonchev–Trinajstić information content (AvgIpc) is 2.26. The van der Waals surface area contributed by atoms with Crippen molar-refractivity contribution in [3.8, 4) is 0 Å². The maximum absolute atomic E-state index is 11.7. The van der Waals surface area contributed by atoms with Gasteiger partial charge in [-0.3, -0.25) is 9.59 Å². The van der Waals surface area contributed by atoms with Crippen molar-refractivity contribution in [3.63, 3.8) is 0 Å². The van der Waals surface area contributed by atoms with Gasteiger partial charge in [0.1, 0.15) is 0 Å². The number of primary amides is 1. The van der Waals surface area contributed by atoms with E-state index in [-0.39, 0.29) is 18.0 Å². The van der Waals surface area contributed by atoms with Crippen LogP contribution in [0.3, 0.4) is 0 Å². The molecule has 0 heterocycles. The smallest absolute Gasteiger partial charge is 0.250 e. The summed E-state index contributed by atoms with van der Waals surface area (Å²) in [6.45, 7) is 6.09. The van der Waals surface area contributed by atoms with Gasteiger partial charge in [0.2, 0.25) is 5.91 Å². The lowest BCUT2D eigenvalue weighted by molar-refractivity contribution is -0.115. The lowest BCUT2D eigenvalue weighted by atomic mass is 10.1. The molecule has 0 radical (unpaired) electrons. The quantitative estimate of drug-likeness (QED) is 0.747. The minimum absolute atomic E-state index is 0.138. The highest BCUT2D eigenvalue weighted by molar-refractivity contribution is 6.03. The van der Waals surface area contributed by atoms with Crippen molar-refractivity contribution < 1.29 is 9.59 Å². The molecular formula is C13H19N3O2. The summed E-state index contributed by atoms with van der Waals surface area (Å²) in [4.78, 5) is 22.9. The molecule has 0 spiro atoms. The van der Waals surface area contributed by atoms with Crippen LogP contribution in [0.15, 0.2) is 24.3 Å². The number of nitrogens with one attached hydrogen (secondary N) is 2. The maximum Gasteiger partial charge on any atom is 0.250 e. The molecule has 0 bridgehead atoms. The number of hydrogen-bond acceptors (Lipinski definition) is 3. The zero-order chi connectivity index (χ0) is 13.8. The summed E-state index contributed by atoms with van der Waals surface area (Å²) in [5.74, 6) is -0.770. The first kappa shape index (κ1) is 14.2. The molecule has 0 aromatic heterocycles. The van der Waals surface area contributed by atoms with Crippen LogP contribution < -0.4 is 16.4 Å². The first-order valence-corrected chi connectivity index (χ1v) is 5.73. The Bertz CT molecular complexity index is 450. The van der Waals surface area contributed by atoms with Gasteiger partial charge in [-0.15, -0.1) is 0 Å². The third kappa shape index (κ3) is 4.55. The Morgan fingerprint density at radius 3 is 2.39 bits per heavy atom. The Morgan fingerprint density at radius 2 is 1.83 bits per heavy atom. The molecule has 0 aliphatic rings. The average molecular weight is 249 g/mol. The maximum atomic E-state index is 11.7. The number of para-hydroxylation sites is 1. The molecule has 18 heavy (non-hydrogen) atoms. The first-order valence-electron chi connectivity index (χ1n) is 5.73. The van der Waals surface area contributed by atoms with E-state index in [9.17, 15) is 9.59 Å². The van der Waals surface area contributed by atoms with E-state index in [4.69, 9.17) is 5.73 Å². The van der Waals surface area contributed by atoms with E-state index >= 15 is 0 Å². The van der Waals surface area contributed by atoms with Crippen molar-refractivity contribution in [2.24, 2.45) is 5.73 Å². The van der Waals surface area contributed by atoms with E-state index in [1.54, 1.807) is 24.3 Å². The summed E-state index contributed by atoms with van der Waals surface area (Å²) in [6, 6.07) is 6.66. The van der Waals surface area contributed by atoms with E-state index in [0.29, 0.717) is 11.3 Å². The van der Waals surface area contributed by atoms with Gasteiger partial charge in [0.25, 0.3) is 5.91 Å². The molecule has 0 saturated heterocycles. The van der Waals surface area contributed by atoms with E-state index in [2.05, 4.69) is 10.6 Å². The topological polar surface area (TPSA) is 84.2 Å². The highest BCUT2D eigenvalue weighted by Gasteiger charge is 2.13. The fraction of sp³-hybridized carbons (Fsp3) is 0.385. The van der Waals surface area contributed by atoms with Gasteiger partial charge in [0, 0.05) is 5.54 Å². The lowest BCUT2D eigenvalue weighted by Crippen LogP contribution is -2.41. The van der Waals surface area contributed by atoms with Crippen LogP contribution in [0.4, 0.5) is 5.69 Å².